The summed E-state index contributed by atoms with van der Waals surface area (Å²) in [6.45, 7) is 6.12. The highest BCUT2D eigenvalue weighted by Gasteiger charge is 2.20. The second-order valence-electron chi connectivity index (χ2n) is 7.10. The Morgan fingerprint density at radius 1 is 1.24 bits per heavy atom. The summed E-state index contributed by atoms with van der Waals surface area (Å²) in [5.41, 5.74) is 3.79. The lowest BCUT2D eigenvalue weighted by Crippen LogP contribution is -2.11. The molecule has 1 N–H and O–H groups in total. The van der Waals surface area contributed by atoms with E-state index < -0.39 is 11.7 Å². The van der Waals surface area contributed by atoms with Crippen LogP contribution in [0.15, 0.2) is 52.3 Å². The maximum absolute atomic E-state index is 13.9. The van der Waals surface area contributed by atoms with E-state index in [1.54, 1.807) is 19.1 Å². The molecule has 4 aromatic rings. The number of benzene rings is 2. The number of anilines is 1. The smallest absolute Gasteiger partial charge is 0.293 e. The molecular weight excluding hydrogens is 387 g/mol. The number of hydrogen-bond acceptors (Lipinski definition) is 4. The van der Waals surface area contributed by atoms with Crippen molar-refractivity contribution >= 4 is 33.3 Å². The average Bonchev–Trinajstić information content (AvgIpc) is 3.33. The van der Waals surface area contributed by atoms with Crippen molar-refractivity contribution in [3.63, 3.8) is 0 Å². The van der Waals surface area contributed by atoms with Crippen LogP contribution in [0.1, 0.15) is 47.9 Å². The molecule has 0 aliphatic carbocycles. The maximum Gasteiger partial charge on any atom is 0.293 e. The number of carbonyl (C=O) groups is 1. The van der Waals surface area contributed by atoms with Crippen molar-refractivity contribution in [2.24, 2.45) is 0 Å². The van der Waals surface area contributed by atoms with Gasteiger partial charge in [0.25, 0.3) is 5.91 Å². The van der Waals surface area contributed by atoms with Gasteiger partial charge >= 0.3 is 0 Å². The molecule has 1 amide bonds. The SMILES string of the molecule is CCC(C)c1ccc(-c2csc(NC(=O)c3oc4c(F)cccc4c3C)n2)cc1. The molecule has 2 heterocycles. The Bertz CT molecular complexity index is 1180. The molecule has 0 aliphatic heterocycles. The Labute approximate surface area is 172 Å². The van der Waals surface area contributed by atoms with Gasteiger partial charge < -0.3 is 4.42 Å². The van der Waals surface area contributed by atoms with Crippen LogP contribution in [0, 0.1) is 12.7 Å². The lowest BCUT2D eigenvalue weighted by molar-refractivity contribution is 0.0997. The first kappa shape index (κ1) is 19.3. The lowest BCUT2D eigenvalue weighted by Gasteiger charge is -2.08. The number of furan rings is 1. The predicted molar refractivity (Wildman–Crippen MR) is 115 cm³/mol. The first-order valence-corrected chi connectivity index (χ1v) is 10.4. The van der Waals surface area contributed by atoms with Crippen LogP contribution in [-0.2, 0) is 0 Å². The van der Waals surface area contributed by atoms with E-state index in [2.05, 4.69) is 36.3 Å². The van der Waals surface area contributed by atoms with Crippen LogP contribution in [0.3, 0.4) is 0 Å². The second kappa shape index (κ2) is 7.79. The molecule has 0 fully saturated rings. The highest BCUT2D eigenvalue weighted by molar-refractivity contribution is 7.14. The number of fused-ring (bicyclic) bond motifs is 1. The lowest BCUT2D eigenvalue weighted by atomic mass is 9.97. The molecule has 1 atom stereocenters. The average molecular weight is 408 g/mol. The van der Waals surface area contributed by atoms with E-state index in [1.807, 2.05) is 17.5 Å². The topological polar surface area (TPSA) is 55.1 Å². The normalized spacial score (nSPS) is 12.3. The zero-order chi connectivity index (χ0) is 20.5. The molecule has 4 nitrogen and oxygen atoms in total. The van der Waals surface area contributed by atoms with Crippen LogP contribution < -0.4 is 5.32 Å². The van der Waals surface area contributed by atoms with Gasteiger partial charge in [-0.05, 0) is 30.9 Å². The van der Waals surface area contributed by atoms with Crippen molar-refractivity contribution in [3.8, 4) is 11.3 Å². The van der Waals surface area contributed by atoms with Crippen LogP contribution >= 0.6 is 11.3 Å². The molecule has 0 aliphatic rings. The Hall–Kier alpha value is -2.99. The van der Waals surface area contributed by atoms with Crippen LogP contribution in [0.25, 0.3) is 22.2 Å². The van der Waals surface area contributed by atoms with E-state index in [0.29, 0.717) is 22.0 Å². The number of halogens is 1. The number of nitrogens with zero attached hydrogens (tertiary/aromatic N) is 1. The zero-order valence-corrected chi connectivity index (χ0v) is 17.3. The molecule has 4 rings (SSSR count). The summed E-state index contributed by atoms with van der Waals surface area (Å²) in [5.74, 6) is -0.306. The number of rotatable bonds is 5. The summed E-state index contributed by atoms with van der Waals surface area (Å²) in [7, 11) is 0. The van der Waals surface area contributed by atoms with Crippen LogP contribution in [0.5, 0.6) is 0 Å². The number of thiazole rings is 1. The first-order chi connectivity index (χ1) is 14.0. The van der Waals surface area contributed by atoms with E-state index in [0.717, 1.165) is 17.7 Å². The molecule has 148 valence electrons. The van der Waals surface area contributed by atoms with Crippen molar-refractivity contribution < 1.29 is 13.6 Å². The minimum atomic E-state index is -0.484. The molecule has 1 unspecified atom stereocenters. The fraction of sp³-hybridized carbons (Fsp3) is 0.217. The quantitative estimate of drug-likeness (QED) is 0.396. The summed E-state index contributed by atoms with van der Waals surface area (Å²) in [6.07, 6.45) is 1.09. The molecule has 0 saturated carbocycles. The molecule has 0 saturated heterocycles. The highest BCUT2D eigenvalue weighted by atomic mass is 32.1. The minimum Gasteiger partial charge on any atom is -0.448 e. The fourth-order valence-electron chi connectivity index (χ4n) is 3.26. The van der Waals surface area contributed by atoms with E-state index in [4.69, 9.17) is 4.42 Å². The van der Waals surface area contributed by atoms with Crippen LogP contribution in [0.4, 0.5) is 9.52 Å². The van der Waals surface area contributed by atoms with Crippen molar-refractivity contribution in [1.29, 1.82) is 0 Å². The van der Waals surface area contributed by atoms with Gasteiger partial charge in [0, 0.05) is 21.9 Å². The minimum absolute atomic E-state index is 0.0939. The van der Waals surface area contributed by atoms with Crippen molar-refractivity contribution in [3.05, 3.63) is 70.5 Å². The van der Waals surface area contributed by atoms with Crippen molar-refractivity contribution in [2.75, 3.05) is 5.32 Å². The number of nitrogens with one attached hydrogen (secondary N) is 1. The molecule has 0 spiro atoms. The Morgan fingerprint density at radius 3 is 2.69 bits per heavy atom. The Morgan fingerprint density at radius 2 is 2.00 bits per heavy atom. The number of carbonyl (C=O) groups excluding carboxylic acids is 1. The van der Waals surface area contributed by atoms with Gasteiger partial charge in [-0.3, -0.25) is 10.1 Å². The molecule has 2 aromatic heterocycles. The number of hydrogen-bond donors (Lipinski definition) is 1. The summed E-state index contributed by atoms with van der Waals surface area (Å²) >= 11 is 1.34. The van der Waals surface area contributed by atoms with Gasteiger partial charge in [-0.15, -0.1) is 11.3 Å². The molecule has 2 aromatic carbocycles. The fourth-order valence-corrected chi connectivity index (χ4v) is 3.98. The molecule has 6 heteroatoms. The first-order valence-electron chi connectivity index (χ1n) is 9.52. The van der Waals surface area contributed by atoms with Gasteiger partial charge in [-0.2, -0.15) is 0 Å². The monoisotopic (exact) mass is 408 g/mol. The standard InChI is InChI=1S/C23H21FN2O2S/c1-4-13(2)15-8-10-16(11-9-15)19-12-29-23(25-19)26-22(27)20-14(3)17-6-5-7-18(24)21(17)28-20/h5-13H,4H2,1-3H3,(H,25,26,27). The third-order valence-electron chi connectivity index (χ3n) is 5.23. The second-order valence-corrected chi connectivity index (χ2v) is 7.95. The molecular formula is C23H21FN2O2S. The van der Waals surface area contributed by atoms with E-state index in [-0.39, 0.29) is 11.3 Å². The number of aryl methyl sites for hydroxylation is 1. The largest absolute Gasteiger partial charge is 0.448 e. The third kappa shape index (κ3) is 3.68. The summed E-state index contributed by atoms with van der Waals surface area (Å²) < 4.78 is 19.4. The van der Waals surface area contributed by atoms with Gasteiger partial charge in [0.15, 0.2) is 22.3 Å². The van der Waals surface area contributed by atoms with Gasteiger partial charge in [0.1, 0.15) is 0 Å². The van der Waals surface area contributed by atoms with Crippen molar-refractivity contribution in [2.45, 2.75) is 33.1 Å². The van der Waals surface area contributed by atoms with Gasteiger partial charge in [0.05, 0.1) is 5.69 Å². The van der Waals surface area contributed by atoms with E-state index in [9.17, 15) is 9.18 Å². The molecule has 0 radical (unpaired) electrons. The summed E-state index contributed by atoms with van der Waals surface area (Å²) in [5, 5.41) is 5.73. The van der Waals surface area contributed by atoms with Crippen LogP contribution in [-0.4, -0.2) is 10.9 Å². The van der Waals surface area contributed by atoms with E-state index in [1.165, 1.54) is 23.0 Å². The molecule has 0 bridgehead atoms. The van der Waals surface area contributed by atoms with Gasteiger partial charge in [-0.1, -0.05) is 50.2 Å². The van der Waals surface area contributed by atoms with Crippen LogP contribution in [0.2, 0.25) is 0 Å². The Kier molecular flexibility index (Phi) is 5.20. The maximum atomic E-state index is 13.9. The van der Waals surface area contributed by atoms with Crippen molar-refractivity contribution in [1.82, 2.24) is 4.98 Å². The predicted octanol–water partition coefficient (Wildman–Crippen LogP) is 6.77. The summed E-state index contributed by atoms with van der Waals surface area (Å²) in [6, 6.07) is 13.0. The zero-order valence-electron chi connectivity index (χ0n) is 16.5. The highest BCUT2D eigenvalue weighted by Crippen LogP contribution is 2.30. The molecule has 29 heavy (non-hydrogen) atoms. The third-order valence-corrected chi connectivity index (χ3v) is 5.99. The number of aromatic nitrogens is 1. The summed E-state index contributed by atoms with van der Waals surface area (Å²) in [4.78, 5) is 17.2. The van der Waals surface area contributed by atoms with Gasteiger partial charge in [-0.25, -0.2) is 9.37 Å². The Balaban J connectivity index is 1.54. The van der Waals surface area contributed by atoms with E-state index >= 15 is 0 Å². The van der Waals surface area contributed by atoms with Gasteiger partial charge in [0.2, 0.25) is 0 Å². The number of amides is 1. The number of para-hydroxylation sites is 1.